The summed E-state index contributed by atoms with van der Waals surface area (Å²) in [5, 5.41) is 2.27. The van der Waals surface area contributed by atoms with Gasteiger partial charge in [-0.15, -0.1) is 12.4 Å². The smallest absolute Gasteiger partial charge is 0.150 e. The number of hydrogen-bond donors (Lipinski definition) is 1. The maximum absolute atomic E-state index is 5.84. The van der Waals surface area contributed by atoms with Crippen LogP contribution in [-0.2, 0) is 0 Å². The summed E-state index contributed by atoms with van der Waals surface area (Å²) in [7, 11) is 0. The van der Waals surface area contributed by atoms with E-state index in [1.165, 1.54) is 0 Å². The van der Waals surface area contributed by atoms with Crippen LogP contribution in [0.1, 0.15) is 0 Å². The zero-order valence-corrected chi connectivity index (χ0v) is 11.2. The molecule has 2 nitrogen and oxygen atoms in total. The highest BCUT2D eigenvalue weighted by Crippen LogP contribution is 2.33. The zero-order chi connectivity index (χ0) is 10.4. The molecular weight excluding hydrogens is 336 g/mol. The number of fused-ring (bicyclic) bond motifs is 3. The number of nitrogens with two attached hydrogens (primary N) is 1. The molecule has 0 spiro atoms. The van der Waals surface area contributed by atoms with Crippen molar-refractivity contribution in [2.45, 2.75) is 0 Å². The summed E-state index contributed by atoms with van der Waals surface area (Å²) < 4.78 is 6.76. The van der Waals surface area contributed by atoms with Gasteiger partial charge in [0, 0.05) is 16.5 Å². The highest BCUT2D eigenvalue weighted by Gasteiger charge is 2.10. The molecular formula is C12H9ClINO. The average Bonchev–Trinajstić information content (AvgIpc) is 2.63. The van der Waals surface area contributed by atoms with Crippen LogP contribution in [0.4, 0.5) is 5.69 Å². The molecule has 16 heavy (non-hydrogen) atoms. The van der Waals surface area contributed by atoms with Crippen LogP contribution in [0.25, 0.3) is 21.9 Å². The number of nitrogen functional groups attached to an aromatic ring is 1. The van der Waals surface area contributed by atoms with Crippen LogP contribution < -0.4 is 5.73 Å². The monoisotopic (exact) mass is 345 g/mol. The van der Waals surface area contributed by atoms with E-state index in [2.05, 4.69) is 28.7 Å². The normalized spacial score (nSPS) is 10.6. The molecule has 0 fully saturated rings. The molecule has 0 saturated heterocycles. The predicted molar refractivity (Wildman–Crippen MR) is 78.1 cm³/mol. The summed E-state index contributed by atoms with van der Waals surface area (Å²) in [6.45, 7) is 0. The number of rotatable bonds is 0. The number of anilines is 1. The van der Waals surface area contributed by atoms with Crippen molar-refractivity contribution in [1.29, 1.82) is 0 Å². The topological polar surface area (TPSA) is 39.2 Å². The highest BCUT2D eigenvalue weighted by atomic mass is 127. The van der Waals surface area contributed by atoms with Gasteiger partial charge in [0.25, 0.3) is 0 Å². The fourth-order valence-corrected chi connectivity index (χ4v) is 2.35. The number of para-hydroxylation sites is 1. The fraction of sp³-hybridized carbons (Fsp3) is 0. The SMILES string of the molecule is Cl.Nc1ccc2c(oc3ccccc32)c1I. The minimum absolute atomic E-state index is 0. The first kappa shape index (κ1) is 11.5. The van der Waals surface area contributed by atoms with E-state index in [1.54, 1.807) is 0 Å². The predicted octanol–water partition coefficient (Wildman–Crippen LogP) is 4.19. The number of benzene rings is 2. The van der Waals surface area contributed by atoms with Crippen LogP contribution in [0.15, 0.2) is 40.8 Å². The lowest BCUT2D eigenvalue weighted by Gasteiger charge is -1.96. The van der Waals surface area contributed by atoms with Gasteiger partial charge in [-0.1, -0.05) is 18.2 Å². The van der Waals surface area contributed by atoms with E-state index in [0.717, 1.165) is 31.2 Å². The lowest BCUT2D eigenvalue weighted by atomic mass is 10.1. The molecule has 2 N–H and O–H groups in total. The van der Waals surface area contributed by atoms with Crippen molar-refractivity contribution in [3.63, 3.8) is 0 Å². The van der Waals surface area contributed by atoms with E-state index in [-0.39, 0.29) is 12.4 Å². The van der Waals surface area contributed by atoms with Gasteiger partial charge >= 0.3 is 0 Å². The lowest BCUT2D eigenvalue weighted by molar-refractivity contribution is 0.667. The molecule has 1 aromatic heterocycles. The first-order valence-electron chi connectivity index (χ1n) is 4.62. The first-order chi connectivity index (χ1) is 7.27. The van der Waals surface area contributed by atoms with Crippen LogP contribution in [0.3, 0.4) is 0 Å². The second-order valence-electron chi connectivity index (χ2n) is 3.44. The van der Waals surface area contributed by atoms with E-state index in [9.17, 15) is 0 Å². The van der Waals surface area contributed by atoms with Crippen molar-refractivity contribution in [3.05, 3.63) is 40.0 Å². The Morgan fingerprint density at radius 1 is 1.00 bits per heavy atom. The summed E-state index contributed by atoms with van der Waals surface area (Å²) in [6.07, 6.45) is 0. The fourth-order valence-electron chi connectivity index (χ4n) is 1.77. The van der Waals surface area contributed by atoms with Gasteiger partial charge in [0.05, 0.1) is 3.57 Å². The Kier molecular flexibility index (Phi) is 2.99. The second kappa shape index (κ2) is 4.14. The molecule has 1 heterocycles. The molecule has 3 rings (SSSR count). The van der Waals surface area contributed by atoms with Gasteiger partial charge in [-0.2, -0.15) is 0 Å². The number of furan rings is 1. The zero-order valence-electron chi connectivity index (χ0n) is 8.24. The van der Waals surface area contributed by atoms with Gasteiger partial charge < -0.3 is 10.2 Å². The van der Waals surface area contributed by atoms with Crippen molar-refractivity contribution in [3.8, 4) is 0 Å². The van der Waals surface area contributed by atoms with Gasteiger partial charge in [0.1, 0.15) is 5.58 Å². The Morgan fingerprint density at radius 3 is 2.56 bits per heavy atom. The second-order valence-corrected chi connectivity index (χ2v) is 4.52. The first-order valence-corrected chi connectivity index (χ1v) is 5.70. The third kappa shape index (κ3) is 1.55. The van der Waals surface area contributed by atoms with Gasteiger partial charge in [0.2, 0.25) is 0 Å². The lowest BCUT2D eigenvalue weighted by Crippen LogP contribution is -1.87. The Balaban J connectivity index is 0.000000963. The molecule has 0 saturated carbocycles. The van der Waals surface area contributed by atoms with Crippen LogP contribution in [-0.4, -0.2) is 0 Å². The average molecular weight is 346 g/mol. The minimum Gasteiger partial charge on any atom is -0.455 e. The Morgan fingerprint density at radius 2 is 1.75 bits per heavy atom. The van der Waals surface area contributed by atoms with Crippen molar-refractivity contribution in [2.24, 2.45) is 0 Å². The molecule has 3 aromatic rings. The molecule has 0 bridgehead atoms. The molecule has 0 unspecified atom stereocenters. The van der Waals surface area contributed by atoms with E-state index in [0.29, 0.717) is 0 Å². The quantitative estimate of drug-likeness (QED) is 0.490. The van der Waals surface area contributed by atoms with Crippen molar-refractivity contribution in [2.75, 3.05) is 5.73 Å². The molecule has 0 aliphatic carbocycles. The number of halogens is 2. The summed E-state index contributed by atoms with van der Waals surface area (Å²) in [6, 6.07) is 12.0. The van der Waals surface area contributed by atoms with Crippen molar-refractivity contribution in [1.82, 2.24) is 0 Å². The van der Waals surface area contributed by atoms with Crippen molar-refractivity contribution < 1.29 is 4.42 Å². The standard InChI is InChI=1S/C12H8INO.ClH/c13-11-9(14)6-5-8-7-3-1-2-4-10(7)15-12(8)11;/h1-6H,14H2;1H. The van der Waals surface area contributed by atoms with Crippen LogP contribution in [0, 0.1) is 3.57 Å². The third-order valence-electron chi connectivity index (χ3n) is 2.52. The van der Waals surface area contributed by atoms with E-state index in [4.69, 9.17) is 10.2 Å². The molecule has 2 aromatic carbocycles. The molecule has 0 radical (unpaired) electrons. The Hall–Kier alpha value is -0.940. The molecule has 82 valence electrons. The third-order valence-corrected chi connectivity index (χ3v) is 3.63. The van der Waals surface area contributed by atoms with Crippen LogP contribution in [0.2, 0.25) is 0 Å². The summed E-state index contributed by atoms with van der Waals surface area (Å²) in [5.74, 6) is 0. The summed E-state index contributed by atoms with van der Waals surface area (Å²) >= 11 is 2.22. The Labute approximate surface area is 112 Å². The van der Waals surface area contributed by atoms with Gasteiger partial charge in [-0.05, 0) is 40.8 Å². The maximum atomic E-state index is 5.84. The Bertz CT molecular complexity index is 662. The van der Waals surface area contributed by atoms with Crippen molar-refractivity contribution >= 4 is 62.6 Å². The molecule has 0 aliphatic heterocycles. The van der Waals surface area contributed by atoms with Crippen LogP contribution >= 0.6 is 35.0 Å². The van der Waals surface area contributed by atoms with Gasteiger partial charge in [0.15, 0.2) is 5.58 Å². The molecule has 4 heteroatoms. The van der Waals surface area contributed by atoms with E-state index in [1.807, 2.05) is 30.3 Å². The minimum atomic E-state index is 0. The van der Waals surface area contributed by atoms with Gasteiger partial charge in [-0.3, -0.25) is 0 Å². The largest absolute Gasteiger partial charge is 0.455 e. The molecule has 0 amide bonds. The number of hydrogen-bond acceptors (Lipinski definition) is 2. The van der Waals surface area contributed by atoms with Gasteiger partial charge in [-0.25, -0.2) is 0 Å². The summed E-state index contributed by atoms with van der Waals surface area (Å²) in [4.78, 5) is 0. The molecule has 0 atom stereocenters. The van der Waals surface area contributed by atoms with Crippen LogP contribution in [0.5, 0.6) is 0 Å². The highest BCUT2D eigenvalue weighted by molar-refractivity contribution is 14.1. The molecule has 0 aliphatic rings. The van der Waals surface area contributed by atoms with E-state index >= 15 is 0 Å². The maximum Gasteiger partial charge on any atom is 0.150 e. The summed E-state index contributed by atoms with van der Waals surface area (Å²) in [5.41, 5.74) is 8.41. The van der Waals surface area contributed by atoms with E-state index < -0.39 is 0 Å².